The van der Waals surface area contributed by atoms with Gasteiger partial charge in [0.2, 0.25) is 0 Å². The van der Waals surface area contributed by atoms with Gasteiger partial charge in [-0.3, -0.25) is 9.97 Å². The van der Waals surface area contributed by atoms with Crippen LogP contribution in [-0.4, -0.2) is 14.5 Å². The van der Waals surface area contributed by atoms with Crippen molar-refractivity contribution in [1.82, 2.24) is 14.5 Å². The molecular weight excluding hydrogens is 669 g/mol. The van der Waals surface area contributed by atoms with Gasteiger partial charge >= 0.3 is 0 Å². The lowest BCUT2D eigenvalue weighted by molar-refractivity contribution is 0.435. The Morgan fingerprint density at radius 1 is 0.434 bits per heavy atom. The lowest BCUT2D eigenvalue weighted by Gasteiger charge is -2.42. The van der Waals surface area contributed by atoms with Gasteiger partial charge in [0.15, 0.2) is 11.5 Å². The molecule has 0 amide bonds. The Hall–Kier alpha value is -6.63. The van der Waals surface area contributed by atoms with Crippen LogP contribution in [0.25, 0.3) is 38.9 Å². The van der Waals surface area contributed by atoms with Gasteiger partial charge in [0, 0.05) is 44.1 Å². The van der Waals surface area contributed by atoms with Crippen molar-refractivity contribution in [1.29, 1.82) is 0 Å². The van der Waals surface area contributed by atoms with E-state index in [1.165, 1.54) is 20.6 Å². The molecule has 1 aliphatic carbocycles. The monoisotopic (exact) mass is 696 g/mol. The zero-order valence-electron chi connectivity index (χ0n) is 28.3. The number of hydrogen-bond donors (Lipinski definition) is 0. The van der Waals surface area contributed by atoms with Crippen LogP contribution in [0, 0.1) is 0 Å². The van der Waals surface area contributed by atoms with E-state index in [1.54, 1.807) is 0 Å². The molecule has 5 heterocycles. The third kappa shape index (κ3) is 3.72. The number of fused-ring (bicyclic) bond motifs is 14. The highest BCUT2D eigenvalue weighted by Gasteiger charge is 2.53. The van der Waals surface area contributed by atoms with Crippen molar-refractivity contribution in [2.24, 2.45) is 0 Å². The first-order valence-corrected chi connectivity index (χ1v) is 18.6. The van der Waals surface area contributed by atoms with Crippen molar-refractivity contribution in [3.8, 4) is 28.6 Å². The van der Waals surface area contributed by atoms with E-state index in [1.807, 2.05) is 24.2 Å². The largest absolute Gasteiger partial charge is 0.452 e. The molecule has 6 aromatic carbocycles. The fourth-order valence-corrected chi connectivity index (χ4v) is 10.2. The molecule has 0 unspecified atom stereocenters. The molecule has 1 spiro atoms. The predicted octanol–water partition coefficient (Wildman–Crippen LogP) is 12.0. The van der Waals surface area contributed by atoms with E-state index in [9.17, 15) is 0 Å². The molecule has 0 saturated heterocycles. The molecule has 5 nitrogen and oxygen atoms in total. The maximum atomic E-state index is 7.55. The van der Waals surface area contributed by atoms with Crippen LogP contribution < -0.4 is 9.64 Å². The number of para-hydroxylation sites is 6. The molecule has 0 N–H and O–H groups in total. The minimum absolute atomic E-state index is 0.746. The van der Waals surface area contributed by atoms with E-state index >= 15 is 0 Å². The highest BCUT2D eigenvalue weighted by molar-refractivity contribution is 7.99. The Morgan fingerprint density at radius 2 is 0.906 bits per heavy atom. The van der Waals surface area contributed by atoms with Gasteiger partial charge in [0.25, 0.3) is 0 Å². The van der Waals surface area contributed by atoms with Gasteiger partial charge in [-0.15, -0.1) is 0 Å². The second kappa shape index (κ2) is 10.7. The molecule has 9 aromatic rings. The van der Waals surface area contributed by atoms with Crippen LogP contribution in [0.15, 0.2) is 180 Å². The Morgan fingerprint density at radius 3 is 1.51 bits per heavy atom. The molecule has 248 valence electrons. The molecule has 3 aromatic heterocycles. The number of rotatable bonds is 2. The summed E-state index contributed by atoms with van der Waals surface area (Å²) >= 11 is 1.81. The van der Waals surface area contributed by atoms with Gasteiger partial charge in [-0.05, 0) is 71.8 Å². The van der Waals surface area contributed by atoms with E-state index in [4.69, 9.17) is 14.7 Å². The minimum atomic E-state index is -0.746. The zero-order chi connectivity index (χ0) is 34.7. The van der Waals surface area contributed by atoms with E-state index < -0.39 is 5.41 Å². The standard InChI is InChI=1S/C47H28N4OS/c1-3-19-35-29(13-1)30-14-2-4-20-36(30)50(35)39-23-9-15-33-45(39)52-46-34(47(33)31-17-11-27-48-43(31)44-32(47)18-12-28-49-44)16-10-24-40(46)51-37-21-5-7-25-41(37)53-42-26-8-6-22-38(42)51/h1-28H. The first kappa shape index (κ1) is 29.0. The first-order valence-electron chi connectivity index (χ1n) is 17.8. The zero-order valence-corrected chi connectivity index (χ0v) is 29.1. The number of pyridine rings is 2. The number of anilines is 3. The average Bonchev–Trinajstić information content (AvgIpc) is 3.71. The molecule has 0 fully saturated rings. The fourth-order valence-electron chi connectivity index (χ4n) is 9.12. The van der Waals surface area contributed by atoms with Crippen molar-refractivity contribution in [3.05, 3.63) is 192 Å². The molecular formula is C47H28N4OS. The summed E-state index contributed by atoms with van der Waals surface area (Å²) in [4.78, 5) is 14.8. The number of aromatic nitrogens is 3. The van der Waals surface area contributed by atoms with E-state index in [2.05, 4.69) is 167 Å². The van der Waals surface area contributed by atoms with Gasteiger partial charge in [-0.1, -0.05) is 109 Å². The van der Waals surface area contributed by atoms with E-state index in [0.29, 0.717) is 0 Å². The summed E-state index contributed by atoms with van der Waals surface area (Å²) in [5.41, 5.74) is 11.9. The topological polar surface area (TPSA) is 43.2 Å². The molecule has 0 atom stereocenters. The minimum Gasteiger partial charge on any atom is -0.452 e. The molecule has 3 aliphatic rings. The second-order valence-electron chi connectivity index (χ2n) is 13.7. The molecule has 0 bridgehead atoms. The lowest BCUT2D eigenvalue weighted by atomic mass is 9.66. The number of nitrogens with zero attached hydrogens (tertiary/aromatic N) is 4. The van der Waals surface area contributed by atoms with Gasteiger partial charge in [-0.25, -0.2) is 0 Å². The predicted molar refractivity (Wildman–Crippen MR) is 213 cm³/mol. The van der Waals surface area contributed by atoms with Crippen molar-refractivity contribution < 1.29 is 4.74 Å². The van der Waals surface area contributed by atoms with E-state index in [-0.39, 0.29) is 0 Å². The number of hydrogen-bond acceptors (Lipinski definition) is 5. The number of benzene rings is 6. The molecule has 6 heteroatoms. The molecule has 53 heavy (non-hydrogen) atoms. The summed E-state index contributed by atoms with van der Waals surface area (Å²) in [5.74, 6) is 1.63. The Balaban J connectivity index is 1.23. The fraction of sp³-hybridized carbons (Fsp3) is 0.0213. The lowest BCUT2D eigenvalue weighted by Crippen LogP contribution is -2.33. The Bertz CT molecular complexity index is 2860. The summed E-state index contributed by atoms with van der Waals surface area (Å²) in [5, 5.41) is 2.41. The summed E-state index contributed by atoms with van der Waals surface area (Å²) < 4.78 is 9.92. The van der Waals surface area contributed by atoms with E-state index in [0.717, 1.165) is 78.9 Å². The highest BCUT2D eigenvalue weighted by Crippen LogP contribution is 2.65. The summed E-state index contributed by atoms with van der Waals surface area (Å²) in [6.45, 7) is 0. The third-order valence-electron chi connectivity index (χ3n) is 11.1. The van der Waals surface area contributed by atoms with Crippen molar-refractivity contribution in [3.63, 3.8) is 0 Å². The van der Waals surface area contributed by atoms with Crippen LogP contribution >= 0.6 is 11.8 Å². The Labute approximate surface area is 309 Å². The van der Waals surface area contributed by atoms with Crippen LogP contribution in [0.1, 0.15) is 22.3 Å². The second-order valence-corrected chi connectivity index (χ2v) is 14.8. The van der Waals surface area contributed by atoms with Gasteiger partial charge < -0.3 is 14.2 Å². The normalized spacial score (nSPS) is 14.2. The van der Waals surface area contributed by atoms with Crippen molar-refractivity contribution in [2.45, 2.75) is 15.2 Å². The van der Waals surface area contributed by atoms with Crippen LogP contribution in [0.2, 0.25) is 0 Å². The summed E-state index contributed by atoms with van der Waals surface area (Å²) in [6, 6.07) is 56.4. The SMILES string of the molecule is c1ccc2c(c1)Sc1ccccc1N2c1cccc2c1Oc1c(-n3c4ccccc4c4ccccc43)cccc1C21c2cccnc2-c2ncccc21. The third-order valence-corrected chi connectivity index (χ3v) is 12.3. The van der Waals surface area contributed by atoms with Crippen molar-refractivity contribution >= 4 is 50.6 Å². The number of ether oxygens (including phenoxy) is 1. The van der Waals surface area contributed by atoms with Crippen LogP contribution in [0.4, 0.5) is 17.1 Å². The highest BCUT2D eigenvalue weighted by atomic mass is 32.2. The molecule has 0 saturated carbocycles. The van der Waals surface area contributed by atoms with Gasteiger partial charge in [-0.2, -0.15) is 0 Å². The average molecular weight is 697 g/mol. The summed E-state index contributed by atoms with van der Waals surface area (Å²) in [6.07, 6.45) is 3.75. The maximum Gasteiger partial charge on any atom is 0.156 e. The molecule has 0 radical (unpaired) electrons. The maximum absolute atomic E-state index is 7.55. The van der Waals surface area contributed by atoms with Crippen LogP contribution in [0.5, 0.6) is 11.5 Å². The molecule has 2 aliphatic heterocycles. The Kier molecular flexibility index (Phi) is 5.85. The first-order chi connectivity index (χ1) is 26.3. The quantitative estimate of drug-likeness (QED) is 0.180. The summed E-state index contributed by atoms with van der Waals surface area (Å²) in [7, 11) is 0. The molecule has 12 rings (SSSR count). The van der Waals surface area contributed by atoms with Crippen LogP contribution in [0.3, 0.4) is 0 Å². The smallest absolute Gasteiger partial charge is 0.156 e. The van der Waals surface area contributed by atoms with Gasteiger partial charge in [0.1, 0.15) is 0 Å². The van der Waals surface area contributed by atoms with Crippen LogP contribution in [-0.2, 0) is 5.41 Å². The van der Waals surface area contributed by atoms with Gasteiger partial charge in [0.05, 0.1) is 50.6 Å². The van der Waals surface area contributed by atoms with Crippen molar-refractivity contribution in [2.75, 3.05) is 4.90 Å².